The van der Waals surface area contributed by atoms with Crippen LogP contribution >= 0.6 is 0 Å². The summed E-state index contributed by atoms with van der Waals surface area (Å²) in [5, 5.41) is 11.6. The third kappa shape index (κ3) is 3.30. The number of carbonyl (C=O) groups excluding carboxylic acids is 1. The first-order chi connectivity index (χ1) is 7.97. The standard InChI is InChI=1S/C14H21NO2/c1-9-8-10(2)12(4)14(11(9)3)15-13(17)6-5-7-16/h8,16H,5-7H2,1-4H3,(H,15,17). The lowest BCUT2D eigenvalue weighted by atomic mass is 9.98. The Kier molecular flexibility index (Phi) is 4.70. The molecule has 1 rings (SSSR count). The molecular formula is C14H21NO2. The van der Waals surface area contributed by atoms with Gasteiger partial charge in [-0.2, -0.15) is 0 Å². The molecule has 1 amide bonds. The molecule has 1 aromatic carbocycles. The van der Waals surface area contributed by atoms with Crippen molar-refractivity contribution >= 4 is 11.6 Å². The normalized spacial score (nSPS) is 10.4. The predicted molar refractivity (Wildman–Crippen MR) is 70.3 cm³/mol. The summed E-state index contributed by atoms with van der Waals surface area (Å²) in [5.74, 6) is -0.0322. The highest BCUT2D eigenvalue weighted by atomic mass is 16.3. The summed E-state index contributed by atoms with van der Waals surface area (Å²) >= 11 is 0. The zero-order chi connectivity index (χ0) is 13.0. The van der Waals surface area contributed by atoms with Gasteiger partial charge in [0.1, 0.15) is 0 Å². The minimum atomic E-state index is -0.0322. The predicted octanol–water partition coefficient (Wildman–Crippen LogP) is 2.63. The summed E-state index contributed by atoms with van der Waals surface area (Å²) in [6.45, 7) is 8.18. The van der Waals surface area contributed by atoms with E-state index in [1.54, 1.807) is 0 Å². The molecule has 94 valence electrons. The summed E-state index contributed by atoms with van der Waals surface area (Å²) < 4.78 is 0. The molecule has 0 saturated carbocycles. The van der Waals surface area contributed by atoms with E-state index in [1.807, 2.05) is 27.7 Å². The van der Waals surface area contributed by atoms with Gasteiger partial charge in [0.2, 0.25) is 5.91 Å². The third-order valence-corrected chi connectivity index (χ3v) is 3.19. The molecule has 0 unspecified atom stereocenters. The summed E-state index contributed by atoms with van der Waals surface area (Å²) in [7, 11) is 0. The minimum Gasteiger partial charge on any atom is -0.396 e. The second-order valence-corrected chi connectivity index (χ2v) is 4.51. The number of rotatable bonds is 4. The molecule has 0 heterocycles. The van der Waals surface area contributed by atoms with Crippen molar-refractivity contribution in [3.8, 4) is 0 Å². The van der Waals surface area contributed by atoms with Gasteiger partial charge in [-0.1, -0.05) is 6.07 Å². The molecule has 17 heavy (non-hydrogen) atoms. The van der Waals surface area contributed by atoms with Gasteiger partial charge in [0.25, 0.3) is 0 Å². The number of benzene rings is 1. The second kappa shape index (κ2) is 5.82. The van der Waals surface area contributed by atoms with Crippen molar-refractivity contribution in [3.63, 3.8) is 0 Å². The fraction of sp³-hybridized carbons (Fsp3) is 0.500. The number of hydrogen-bond donors (Lipinski definition) is 2. The summed E-state index contributed by atoms with van der Waals surface area (Å²) in [6, 6.07) is 2.13. The third-order valence-electron chi connectivity index (χ3n) is 3.19. The number of hydrogen-bond acceptors (Lipinski definition) is 2. The lowest BCUT2D eigenvalue weighted by molar-refractivity contribution is -0.116. The van der Waals surface area contributed by atoms with E-state index in [2.05, 4.69) is 11.4 Å². The Hall–Kier alpha value is -1.35. The maximum atomic E-state index is 11.7. The SMILES string of the molecule is Cc1cc(C)c(C)c(NC(=O)CCCO)c1C. The number of nitrogens with one attached hydrogen (secondary N) is 1. The molecular weight excluding hydrogens is 214 g/mol. The van der Waals surface area contributed by atoms with Gasteiger partial charge < -0.3 is 10.4 Å². The van der Waals surface area contributed by atoms with Crippen molar-refractivity contribution in [1.82, 2.24) is 0 Å². The second-order valence-electron chi connectivity index (χ2n) is 4.51. The zero-order valence-electron chi connectivity index (χ0n) is 11.1. The van der Waals surface area contributed by atoms with Crippen LogP contribution in [0.4, 0.5) is 5.69 Å². The number of anilines is 1. The fourth-order valence-corrected chi connectivity index (χ4v) is 1.85. The van der Waals surface area contributed by atoms with Crippen molar-refractivity contribution in [2.24, 2.45) is 0 Å². The lowest BCUT2D eigenvalue weighted by Crippen LogP contribution is -2.14. The Bertz CT molecular complexity index is 398. The van der Waals surface area contributed by atoms with Crippen molar-refractivity contribution in [1.29, 1.82) is 0 Å². The van der Waals surface area contributed by atoms with E-state index in [0.717, 1.165) is 16.8 Å². The van der Waals surface area contributed by atoms with Crippen LogP contribution in [0, 0.1) is 27.7 Å². The van der Waals surface area contributed by atoms with Crippen LogP contribution in [0.25, 0.3) is 0 Å². The van der Waals surface area contributed by atoms with Crippen LogP contribution in [0.2, 0.25) is 0 Å². The topological polar surface area (TPSA) is 49.3 Å². The molecule has 2 N–H and O–H groups in total. The molecule has 0 aliphatic carbocycles. The number of aliphatic hydroxyl groups excluding tert-OH is 1. The van der Waals surface area contributed by atoms with Crippen molar-refractivity contribution in [2.45, 2.75) is 40.5 Å². The minimum absolute atomic E-state index is 0.0322. The largest absolute Gasteiger partial charge is 0.396 e. The highest BCUT2D eigenvalue weighted by Gasteiger charge is 2.10. The van der Waals surface area contributed by atoms with Gasteiger partial charge in [-0.15, -0.1) is 0 Å². The highest BCUT2D eigenvalue weighted by Crippen LogP contribution is 2.26. The fourth-order valence-electron chi connectivity index (χ4n) is 1.85. The number of amides is 1. The Labute approximate surface area is 103 Å². The molecule has 0 bridgehead atoms. The number of carbonyl (C=O) groups is 1. The first-order valence-corrected chi connectivity index (χ1v) is 5.95. The maximum Gasteiger partial charge on any atom is 0.224 e. The molecule has 0 aliphatic heterocycles. The van der Waals surface area contributed by atoms with Crippen molar-refractivity contribution in [2.75, 3.05) is 11.9 Å². The molecule has 0 fully saturated rings. The number of aliphatic hydroxyl groups is 1. The van der Waals surface area contributed by atoms with Crippen LogP contribution < -0.4 is 5.32 Å². The number of aryl methyl sites for hydroxylation is 2. The van der Waals surface area contributed by atoms with Crippen LogP contribution in [0.3, 0.4) is 0 Å². The molecule has 0 saturated heterocycles. The first-order valence-electron chi connectivity index (χ1n) is 5.95. The summed E-state index contributed by atoms with van der Waals surface area (Å²) in [6.07, 6.45) is 0.872. The molecule has 0 radical (unpaired) electrons. The van der Waals surface area contributed by atoms with E-state index in [1.165, 1.54) is 11.1 Å². The summed E-state index contributed by atoms with van der Waals surface area (Å²) in [4.78, 5) is 11.7. The van der Waals surface area contributed by atoms with Gasteiger partial charge in [-0.25, -0.2) is 0 Å². The zero-order valence-corrected chi connectivity index (χ0v) is 11.1. The molecule has 0 atom stereocenters. The molecule has 3 heteroatoms. The van der Waals surface area contributed by atoms with Crippen LogP contribution in [0.5, 0.6) is 0 Å². The summed E-state index contributed by atoms with van der Waals surface area (Å²) in [5.41, 5.74) is 5.53. The van der Waals surface area contributed by atoms with E-state index in [9.17, 15) is 4.79 Å². The van der Waals surface area contributed by atoms with Gasteiger partial charge in [0.05, 0.1) is 0 Å². The van der Waals surface area contributed by atoms with Gasteiger partial charge in [-0.3, -0.25) is 4.79 Å². The van der Waals surface area contributed by atoms with E-state index in [4.69, 9.17) is 5.11 Å². The maximum absolute atomic E-state index is 11.7. The Balaban J connectivity index is 2.94. The van der Waals surface area contributed by atoms with Crippen LogP contribution in [0.15, 0.2) is 6.07 Å². The van der Waals surface area contributed by atoms with Crippen LogP contribution in [0.1, 0.15) is 35.1 Å². The Morgan fingerprint density at radius 3 is 2.18 bits per heavy atom. The average molecular weight is 235 g/mol. The molecule has 0 aliphatic rings. The lowest BCUT2D eigenvalue weighted by Gasteiger charge is -2.16. The van der Waals surface area contributed by atoms with E-state index >= 15 is 0 Å². The van der Waals surface area contributed by atoms with Crippen LogP contribution in [-0.4, -0.2) is 17.6 Å². The average Bonchev–Trinajstić information content (AvgIpc) is 2.29. The van der Waals surface area contributed by atoms with Gasteiger partial charge in [-0.05, 0) is 56.4 Å². The van der Waals surface area contributed by atoms with Crippen LogP contribution in [-0.2, 0) is 4.79 Å². The van der Waals surface area contributed by atoms with Crippen molar-refractivity contribution < 1.29 is 9.90 Å². The van der Waals surface area contributed by atoms with E-state index < -0.39 is 0 Å². The van der Waals surface area contributed by atoms with Gasteiger partial charge in [0, 0.05) is 18.7 Å². The Morgan fingerprint density at radius 1 is 1.18 bits per heavy atom. The van der Waals surface area contributed by atoms with E-state index in [-0.39, 0.29) is 12.5 Å². The molecule has 3 nitrogen and oxygen atoms in total. The van der Waals surface area contributed by atoms with Gasteiger partial charge in [0.15, 0.2) is 0 Å². The van der Waals surface area contributed by atoms with Crippen molar-refractivity contribution in [3.05, 3.63) is 28.3 Å². The monoisotopic (exact) mass is 235 g/mol. The first kappa shape index (κ1) is 13.7. The Morgan fingerprint density at radius 2 is 1.71 bits per heavy atom. The van der Waals surface area contributed by atoms with E-state index in [0.29, 0.717) is 12.8 Å². The smallest absolute Gasteiger partial charge is 0.224 e. The quantitative estimate of drug-likeness (QED) is 0.842. The molecule has 1 aromatic rings. The van der Waals surface area contributed by atoms with Gasteiger partial charge >= 0.3 is 0 Å². The molecule has 0 spiro atoms. The highest BCUT2D eigenvalue weighted by molar-refractivity contribution is 5.92. The molecule has 0 aromatic heterocycles.